The van der Waals surface area contributed by atoms with Crippen molar-refractivity contribution in [3.05, 3.63) is 89.5 Å². The van der Waals surface area contributed by atoms with Crippen LogP contribution in [0, 0.1) is 0 Å². The maximum atomic E-state index is 12.2. The maximum absolute atomic E-state index is 12.2. The predicted molar refractivity (Wildman–Crippen MR) is 113 cm³/mol. The lowest BCUT2D eigenvalue weighted by Crippen LogP contribution is -2.34. The van der Waals surface area contributed by atoms with Crippen LogP contribution in [0.1, 0.15) is 35.6 Å². The molecule has 2 N–H and O–H groups in total. The molecule has 0 bridgehead atoms. The van der Waals surface area contributed by atoms with E-state index >= 15 is 0 Å². The van der Waals surface area contributed by atoms with Gasteiger partial charge in [-0.15, -0.1) is 0 Å². The molecule has 0 spiro atoms. The number of aromatic nitrogens is 2. The molecule has 152 valence electrons. The minimum atomic E-state index is -0.184. The van der Waals surface area contributed by atoms with E-state index in [1.165, 1.54) is 5.56 Å². The van der Waals surface area contributed by atoms with E-state index in [0.29, 0.717) is 19.7 Å². The van der Waals surface area contributed by atoms with Gasteiger partial charge in [0.2, 0.25) is 0 Å². The van der Waals surface area contributed by atoms with Gasteiger partial charge in [0.05, 0.1) is 12.9 Å². The quantitative estimate of drug-likeness (QED) is 0.515. The molecule has 0 aliphatic rings. The molecule has 0 fully saturated rings. The lowest BCUT2D eigenvalue weighted by atomic mass is 10.1. The van der Waals surface area contributed by atoms with Crippen LogP contribution in [-0.2, 0) is 31.0 Å². The summed E-state index contributed by atoms with van der Waals surface area (Å²) in [6, 6.07) is 16.0. The summed E-state index contributed by atoms with van der Waals surface area (Å²) in [5.74, 6) is 0. The minimum absolute atomic E-state index is 0.184. The minimum Gasteiger partial charge on any atom is -0.377 e. The highest BCUT2D eigenvalue weighted by molar-refractivity contribution is 5.73. The average Bonchev–Trinajstić information content (AvgIpc) is 3.26. The number of hydrogen-bond donors (Lipinski definition) is 2. The lowest BCUT2D eigenvalue weighted by Gasteiger charge is -2.12. The maximum Gasteiger partial charge on any atom is 0.315 e. The standard InChI is InChI=1S/C23H28N4O2/c1-2-13-29-17-22-6-4-3-5-21(22)15-26-23(28)25-14-19-7-9-20(10-8-19)16-27-12-11-24-18-27/h3-12,18H,2,13-17H2,1H3,(H2,25,26,28). The molecule has 0 saturated heterocycles. The summed E-state index contributed by atoms with van der Waals surface area (Å²) in [5.41, 5.74) is 4.43. The molecule has 0 unspecified atom stereocenters. The number of urea groups is 1. The fourth-order valence-corrected chi connectivity index (χ4v) is 2.97. The highest BCUT2D eigenvalue weighted by Crippen LogP contribution is 2.10. The summed E-state index contributed by atoms with van der Waals surface area (Å²) in [4.78, 5) is 16.2. The first-order valence-electron chi connectivity index (χ1n) is 9.94. The van der Waals surface area contributed by atoms with E-state index in [1.54, 1.807) is 12.5 Å². The van der Waals surface area contributed by atoms with Gasteiger partial charge < -0.3 is 19.9 Å². The van der Waals surface area contributed by atoms with Crippen LogP contribution < -0.4 is 10.6 Å². The predicted octanol–water partition coefficient (Wildman–Crippen LogP) is 3.86. The summed E-state index contributed by atoms with van der Waals surface area (Å²) < 4.78 is 7.65. The van der Waals surface area contributed by atoms with Crippen LogP contribution in [0.25, 0.3) is 0 Å². The Balaban J connectivity index is 1.43. The third-order valence-corrected chi connectivity index (χ3v) is 4.56. The highest BCUT2D eigenvalue weighted by atomic mass is 16.5. The Hall–Kier alpha value is -3.12. The Morgan fingerprint density at radius 2 is 1.72 bits per heavy atom. The van der Waals surface area contributed by atoms with Crippen LogP contribution in [0.15, 0.2) is 67.3 Å². The molecule has 2 aromatic carbocycles. The largest absolute Gasteiger partial charge is 0.377 e. The van der Waals surface area contributed by atoms with Crippen LogP contribution in [0.4, 0.5) is 4.79 Å². The SMILES string of the molecule is CCCOCc1ccccc1CNC(=O)NCc1ccc(Cn2ccnc2)cc1. The molecule has 2 amide bonds. The number of carbonyl (C=O) groups excluding carboxylic acids is 1. The van der Waals surface area contributed by atoms with Gasteiger partial charge in [0.1, 0.15) is 0 Å². The smallest absolute Gasteiger partial charge is 0.315 e. The van der Waals surface area contributed by atoms with E-state index in [9.17, 15) is 4.79 Å². The van der Waals surface area contributed by atoms with Gasteiger partial charge in [0.25, 0.3) is 0 Å². The van der Waals surface area contributed by atoms with Crippen LogP contribution in [0.3, 0.4) is 0 Å². The van der Waals surface area contributed by atoms with Crippen molar-refractivity contribution in [2.75, 3.05) is 6.61 Å². The fourth-order valence-electron chi connectivity index (χ4n) is 2.97. The highest BCUT2D eigenvalue weighted by Gasteiger charge is 2.05. The van der Waals surface area contributed by atoms with Crippen molar-refractivity contribution in [2.24, 2.45) is 0 Å². The number of amides is 2. The molecule has 0 aliphatic heterocycles. The molecule has 0 aliphatic carbocycles. The second-order valence-electron chi connectivity index (χ2n) is 6.91. The number of ether oxygens (including phenoxy) is 1. The normalized spacial score (nSPS) is 10.7. The van der Waals surface area contributed by atoms with Crippen LogP contribution in [0.5, 0.6) is 0 Å². The molecule has 3 aromatic rings. The topological polar surface area (TPSA) is 68.2 Å². The molecule has 1 aromatic heterocycles. The molecule has 0 saturated carbocycles. The molecule has 3 rings (SSSR count). The van der Waals surface area contributed by atoms with Gasteiger partial charge in [0, 0.05) is 38.6 Å². The van der Waals surface area contributed by atoms with Crippen molar-refractivity contribution in [2.45, 2.75) is 39.6 Å². The van der Waals surface area contributed by atoms with Crippen LogP contribution in [0.2, 0.25) is 0 Å². The molecule has 1 heterocycles. The van der Waals surface area contributed by atoms with E-state index in [4.69, 9.17) is 4.74 Å². The van der Waals surface area contributed by atoms with Crippen LogP contribution in [-0.4, -0.2) is 22.2 Å². The molecule has 6 nitrogen and oxygen atoms in total. The molecule has 29 heavy (non-hydrogen) atoms. The number of nitrogens with zero attached hydrogens (tertiary/aromatic N) is 2. The summed E-state index contributed by atoms with van der Waals surface area (Å²) in [5, 5.41) is 5.83. The number of hydrogen-bond acceptors (Lipinski definition) is 3. The van der Waals surface area contributed by atoms with Gasteiger partial charge in [0.15, 0.2) is 0 Å². The van der Waals surface area contributed by atoms with Gasteiger partial charge in [-0.2, -0.15) is 0 Å². The first-order valence-corrected chi connectivity index (χ1v) is 9.94. The van der Waals surface area contributed by atoms with E-state index in [1.807, 2.05) is 47.2 Å². The van der Waals surface area contributed by atoms with E-state index in [0.717, 1.165) is 36.3 Å². The monoisotopic (exact) mass is 392 g/mol. The Morgan fingerprint density at radius 3 is 2.45 bits per heavy atom. The van der Waals surface area contributed by atoms with Gasteiger partial charge in [-0.3, -0.25) is 0 Å². The Labute approximate surface area is 171 Å². The Kier molecular flexibility index (Phi) is 7.83. The van der Waals surface area contributed by atoms with Gasteiger partial charge in [-0.1, -0.05) is 55.5 Å². The molecule has 0 atom stereocenters. The summed E-state index contributed by atoms with van der Waals surface area (Å²) in [6.45, 7) is 5.14. The molecule has 0 radical (unpaired) electrons. The fraction of sp³-hybridized carbons (Fsp3) is 0.304. The molecular weight excluding hydrogens is 364 g/mol. The van der Waals surface area contributed by atoms with Crippen molar-refractivity contribution < 1.29 is 9.53 Å². The summed E-state index contributed by atoms with van der Waals surface area (Å²) in [7, 11) is 0. The third-order valence-electron chi connectivity index (χ3n) is 4.56. The number of imidazole rings is 1. The van der Waals surface area contributed by atoms with E-state index in [-0.39, 0.29) is 6.03 Å². The number of benzene rings is 2. The number of carbonyl (C=O) groups is 1. The van der Waals surface area contributed by atoms with Gasteiger partial charge >= 0.3 is 6.03 Å². The summed E-state index contributed by atoms with van der Waals surface area (Å²) in [6.07, 6.45) is 6.50. The molecular formula is C23H28N4O2. The molecule has 6 heteroatoms. The first kappa shape index (κ1) is 20.6. The Bertz CT molecular complexity index is 876. The van der Waals surface area contributed by atoms with E-state index in [2.05, 4.69) is 34.7 Å². The first-order chi connectivity index (χ1) is 14.2. The zero-order valence-corrected chi connectivity index (χ0v) is 16.8. The van der Waals surface area contributed by atoms with Crippen molar-refractivity contribution in [1.82, 2.24) is 20.2 Å². The van der Waals surface area contributed by atoms with Crippen LogP contribution >= 0.6 is 0 Å². The lowest BCUT2D eigenvalue weighted by molar-refractivity contribution is 0.121. The number of rotatable bonds is 10. The average molecular weight is 393 g/mol. The third kappa shape index (κ3) is 6.76. The van der Waals surface area contributed by atoms with Crippen molar-refractivity contribution in [1.29, 1.82) is 0 Å². The second kappa shape index (κ2) is 11.0. The van der Waals surface area contributed by atoms with Gasteiger partial charge in [-0.25, -0.2) is 9.78 Å². The van der Waals surface area contributed by atoms with Crippen molar-refractivity contribution in [3.63, 3.8) is 0 Å². The van der Waals surface area contributed by atoms with Crippen molar-refractivity contribution in [3.8, 4) is 0 Å². The second-order valence-corrected chi connectivity index (χ2v) is 6.91. The summed E-state index contributed by atoms with van der Waals surface area (Å²) >= 11 is 0. The van der Waals surface area contributed by atoms with E-state index < -0.39 is 0 Å². The zero-order valence-electron chi connectivity index (χ0n) is 16.8. The van der Waals surface area contributed by atoms with Gasteiger partial charge in [-0.05, 0) is 28.7 Å². The Morgan fingerprint density at radius 1 is 1.00 bits per heavy atom. The number of nitrogens with one attached hydrogen (secondary N) is 2. The van der Waals surface area contributed by atoms with Crippen molar-refractivity contribution >= 4 is 6.03 Å². The zero-order chi connectivity index (χ0) is 20.3.